The highest BCUT2D eigenvalue weighted by Crippen LogP contribution is 2.32. The van der Waals surface area contributed by atoms with Crippen molar-refractivity contribution in [3.8, 4) is 11.5 Å². The summed E-state index contributed by atoms with van der Waals surface area (Å²) in [5.41, 5.74) is 2.58. The average Bonchev–Trinajstić information content (AvgIpc) is 3.35. The fraction of sp³-hybridized carbons (Fsp3) is 0.300. The number of ether oxygens (including phenoxy) is 3. The van der Waals surface area contributed by atoms with Crippen LogP contribution in [0, 0.1) is 6.92 Å². The van der Waals surface area contributed by atoms with Crippen molar-refractivity contribution in [1.82, 2.24) is 9.88 Å². The van der Waals surface area contributed by atoms with Crippen molar-refractivity contribution < 1.29 is 28.2 Å². The number of hydrogen-bond acceptors (Lipinski definition) is 6. The zero-order valence-corrected chi connectivity index (χ0v) is 15.8. The zero-order chi connectivity index (χ0) is 19.8. The first kappa shape index (κ1) is 18.0. The number of nitrogens with one attached hydrogen (secondary N) is 1. The molecule has 2 aromatic heterocycles. The highest BCUT2D eigenvalue weighted by Gasteiger charge is 2.23. The number of carbonyl (C=O) groups is 2. The van der Waals surface area contributed by atoms with E-state index in [9.17, 15) is 9.59 Å². The van der Waals surface area contributed by atoms with Crippen LogP contribution in [0.1, 0.15) is 28.7 Å². The van der Waals surface area contributed by atoms with Crippen LogP contribution < -0.4 is 14.8 Å². The van der Waals surface area contributed by atoms with Crippen molar-refractivity contribution in [1.29, 1.82) is 0 Å². The molecular weight excluding hydrogens is 364 g/mol. The minimum absolute atomic E-state index is 0.196. The predicted molar refractivity (Wildman–Crippen MR) is 99.2 cm³/mol. The maximum absolute atomic E-state index is 12.4. The monoisotopic (exact) mass is 384 g/mol. The summed E-state index contributed by atoms with van der Waals surface area (Å²) in [5.74, 6) is 1.11. The highest BCUT2D eigenvalue weighted by atomic mass is 16.7. The van der Waals surface area contributed by atoms with Crippen molar-refractivity contribution in [2.75, 3.05) is 6.79 Å². The van der Waals surface area contributed by atoms with Crippen LogP contribution in [-0.2, 0) is 23.1 Å². The van der Waals surface area contributed by atoms with Gasteiger partial charge in [0.25, 0.3) is 5.91 Å². The maximum Gasteiger partial charge on any atom is 0.355 e. The molecule has 0 bridgehead atoms. The normalized spacial score (nSPS) is 13.5. The Balaban J connectivity index is 1.36. The number of nitrogens with zero attached hydrogens (tertiary/aromatic N) is 1. The molecule has 0 spiro atoms. The molecule has 0 radical (unpaired) electrons. The van der Waals surface area contributed by atoms with Gasteiger partial charge in [-0.1, -0.05) is 6.07 Å². The lowest BCUT2D eigenvalue weighted by molar-refractivity contribution is -0.129. The molecule has 0 aliphatic carbocycles. The van der Waals surface area contributed by atoms with Gasteiger partial charge in [-0.3, -0.25) is 4.79 Å². The van der Waals surface area contributed by atoms with Gasteiger partial charge < -0.3 is 28.5 Å². The summed E-state index contributed by atoms with van der Waals surface area (Å²) in [7, 11) is 1.75. The molecule has 8 heteroatoms. The van der Waals surface area contributed by atoms with Gasteiger partial charge >= 0.3 is 5.97 Å². The van der Waals surface area contributed by atoms with E-state index in [4.69, 9.17) is 18.6 Å². The van der Waals surface area contributed by atoms with E-state index < -0.39 is 12.1 Å². The summed E-state index contributed by atoms with van der Waals surface area (Å²) in [6.45, 7) is 3.85. The molecule has 0 saturated carbocycles. The van der Waals surface area contributed by atoms with E-state index in [1.807, 2.05) is 19.1 Å². The van der Waals surface area contributed by atoms with Crippen LogP contribution in [-0.4, -0.2) is 29.3 Å². The molecule has 146 valence electrons. The van der Waals surface area contributed by atoms with Crippen LogP contribution >= 0.6 is 0 Å². The number of rotatable bonds is 5. The quantitative estimate of drug-likeness (QED) is 0.680. The van der Waals surface area contributed by atoms with Crippen LogP contribution in [0.25, 0.3) is 11.1 Å². The van der Waals surface area contributed by atoms with Crippen molar-refractivity contribution in [3.05, 3.63) is 47.3 Å². The van der Waals surface area contributed by atoms with Gasteiger partial charge in [-0.15, -0.1) is 0 Å². The Kier molecular flexibility index (Phi) is 4.46. The smallest absolute Gasteiger partial charge is 0.355 e. The third-order valence-electron chi connectivity index (χ3n) is 4.62. The lowest BCUT2D eigenvalue weighted by Crippen LogP contribution is -2.35. The minimum Gasteiger partial charge on any atom is -0.460 e. The standard InChI is InChI=1S/C20H20N2O6/c1-11-6-14-17(27-11)8-15(22(14)3)20(24)28-12(2)19(23)21-9-13-4-5-16-18(7-13)26-10-25-16/h4-8,12H,9-10H2,1-3H3,(H,21,23)/t12-/m0/s1. The number of benzene rings is 1. The lowest BCUT2D eigenvalue weighted by Gasteiger charge is -2.14. The minimum atomic E-state index is -0.940. The number of esters is 1. The molecule has 1 amide bonds. The number of aromatic nitrogens is 1. The molecule has 1 atom stereocenters. The molecule has 3 heterocycles. The topological polar surface area (TPSA) is 91.9 Å². The first-order valence-electron chi connectivity index (χ1n) is 8.85. The average molecular weight is 384 g/mol. The van der Waals surface area contributed by atoms with E-state index >= 15 is 0 Å². The van der Waals surface area contributed by atoms with Crippen molar-refractivity contribution in [2.24, 2.45) is 7.05 Å². The molecule has 0 saturated heterocycles. The van der Waals surface area contributed by atoms with E-state index in [0.29, 0.717) is 22.8 Å². The Labute approximate surface area is 161 Å². The molecule has 8 nitrogen and oxygen atoms in total. The maximum atomic E-state index is 12.4. The lowest BCUT2D eigenvalue weighted by atomic mass is 10.2. The molecular formula is C20H20N2O6. The predicted octanol–water partition coefficient (Wildman–Crippen LogP) is 2.67. The number of amides is 1. The van der Waals surface area contributed by atoms with Crippen LogP contribution in [0.5, 0.6) is 11.5 Å². The van der Waals surface area contributed by atoms with Gasteiger partial charge in [-0.05, 0) is 31.5 Å². The summed E-state index contributed by atoms with van der Waals surface area (Å²) >= 11 is 0. The number of fused-ring (bicyclic) bond motifs is 2. The van der Waals surface area contributed by atoms with Gasteiger partial charge in [0.15, 0.2) is 23.2 Å². The molecule has 28 heavy (non-hydrogen) atoms. The molecule has 1 aromatic carbocycles. The molecule has 1 N–H and O–H groups in total. The van der Waals surface area contributed by atoms with Crippen LogP contribution in [0.2, 0.25) is 0 Å². The second kappa shape index (κ2) is 6.95. The number of aryl methyl sites for hydroxylation is 2. The molecule has 0 unspecified atom stereocenters. The van der Waals surface area contributed by atoms with Crippen LogP contribution in [0.15, 0.2) is 34.7 Å². The van der Waals surface area contributed by atoms with E-state index in [-0.39, 0.29) is 19.2 Å². The Morgan fingerprint density at radius 2 is 2.00 bits per heavy atom. The van der Waals surface area contributed by atoms with Crippen molar-refractivity contribution in [3.63, 3.8) is 0 Å². The molecule has 1 aliphatic rings. The van der Waals surface area contributed by atoms with Gasteiger partial charge in [0.2, 0.25) is 6.79 Å². The first-order valence-corrected chi connectivity index (χ1v) is 8.85. The Hall–Kier alpha value is -3.42. The third kappa shape index (κ3) is 3.28. The van der Waals surface area contributed by atoms with Crippen LogP contribution in [0.3, 0.4) is 0 Å². The number of furan rings is 1. The van der Waals surface area contributed by atoms with E-state index in [0.717, 1.165) is 16.8 Å². The van der Waals surface area contributed by atoms with Gasteiger partial charge in [-0.2, -0.15) is 0 Å². The molecule has 0 fully saturated rings. The first-order chi connectivity index (χ1) is 13.4. The summed E-state index contributed by atoms with van der Waals surface area (Å²) in [5, 5.41) is 2.75. The largest absolute Gasteiger partial charge is 0.460 e. The van der Waals surface area contributed by atoms with Crippen molar-refractivity contribution in [2.45, 2.75) is 26.5 Å². The number of carbonyl (C=O) groups excluding carboxylic acids is 2. The molecule has 3 aromatic rings. The van der Waals surface area contributed by atoms with Gasteiger partial charge in [-0.25, -0.2) is 4.79 Å². The van der Waals surface area contributed by atoms with Gasteiger partial charge in [0.1, 0.15) is 11.5 Å². The summed E-state index contributed by atoms with van der Waals surface area (Å²) in [6, 6.07) is 8.89. The Morgan fingerprint density at radius 1 is 1.21 bits per heavy atom. The zero-order valence-electron chi connectivity index (χ0n) is 15.8. The molecule has 4 rings (SSSR count). The second-order valence-corrected chi connectivity index (χ2v) is 6.65. The summed E-state index contributed by atoms with van der Waals surface area (Å²) in [6.07, 6.45) is -0.940. The van der Waals surface area contributed by atoms with E-state index in [2.05, 4.69) is 5.32 Å². The fourth-order valence-electron chi connectivity index (χ4n) is 3.09. The Morgan fingerprint density at radius 3 is 2.79 bits per heavy atom. The van der Waals surface area contributed by atoms with E-state index in [1.54, 1.807) is 29.8 Å². The third-order valence-corrected chi connectivity index (χ3v) is 4.62. The van der Waals surface area contributed by atoms with Crippen molar-refractivity contribution >= 4 is 23.0 Å². The van der Waals surface area contributed by atoms with Gasteiger partial charge in [0.05, 0.1) is 5.52 Å². The Bertz CT molecular complexity index is 1060. The summed E-state index contributed by atoms with van der Waals surface area (Å²) in [4.78, 5) is 24.7. The van der Waals surface area contributed by atoms with Gasteiger partial charge in [0, 0.05) is 25.7 Å². The SMILES string of the molecule is Cc1cc2c(cc(C(=O)O[C@@H](C)C(=O)NCc3ccc4c(c3)OCO4)n2C)o1. The van der Waals surface area contributed by atoms with E-state index in [1.165, 1.54) is 6.92 Å². The second-order valence-electron chi connectivity index (χ2n) is 6.65. The summed E-state index contributed by atoms with van der Waals surface area (Å²) < 4.78 is 23.1. The highest BCUT2D eigenvalue weighted by molar-refractivity contribution is 5.95. The molecule has 1 aliphatic heterocycles. The van der Waals surface area contributed by atoms with Crippen LogP contribution in [0.4, 0.5) is 0 Å². The number of hydrogen-bond donors (Lipinski definition) is 1. The fourth-order valence-corrected chi connectivity index (χ4v) is 3.09.